The zero-order chi connectivity index (χ0) is 17.9. The predicted octanol–water partition coefficient (Wildman–Crippen LogP) is 0.536. The van der Waals surface area contributed by atoms with Gasteiger partial charge in [0.25, 0.3) is 5.91 Å². The van der Waals surface area contributed by atoms with Crippen LogP contribution in [0.3, 0.4) is 0 Å². The van der Waals surface area contributed by atoms with E-state index in [1.807, 2.05) is 18.1 Å². The van der Waals surface area contributed by atoms with E-state index in [0.717, 1.165) is 65.3 Å². The molecule has 3 rings (SSSR count). The standard InChI is InChI=1S/C18H31N5O2/c1-20(2)9-10-22-11-12-25-15-18(13-22)6-4-7-23(14-18)17(24)16-5-8-21(3)19-16/h5,8H,4,6-7,9-15H2,1-3H3/t18-/m0/s1. The van der Waals surface area contributed by atoms with Gasteiger partial charge in [0.2, 0.25) is 0 Å². The van der Waals surface area contributed by atoms with E-state index in [1.54, 1.807) is 10.7 Å². The number of carbonyl (C=O) groups excluding carboxylic acids is 1. The largest absolute Gasteiger partial charge is 0.379 e. The van der Waals surface area contributed by atoms with Gasteiger partial charge in [-0.25, -0.2) is 0 Å². The quantitative estimate of drug-likeness (QED) is 0.794. The molecule has 2 fully saturated rings. The van der Waals surface area contributed by atoms with E-state index < -0.39 is 0 Å². The third kappa shape index (κ3) is 4.59. The molecule has 0 N–H and O–H groups in total. The second kappa shape index (κ2) is 7.85. The summed E-state index contributed by atoms with van der Waals surface area (Å²) < 4.78 is 7.63. The van der Waals surface area contributed by atoms with Gasteiger partial charge in [-0.3, -0.25) is 14.4 Å². The Morgan fingerprint density at radius 2 is 2.20 bits per heavy atom. The van der Waals surface area contributed by atoms with Crippen molar-refractivity contribution in [2.24, 2.45) is 12.5 Å². The molecule has 1 atom stereocenters. The van der Waals surface area contributed by atoms with Crippen LogP contribution >= 0.6 is 0 Å². The van der Waals surface area contributed by atoms with Crippen LogP contribution in [0, 0.1) is 5.41 Å². The number of aromatic nitrogens is 2. The third-order valence-electron chi connectivity index (χ3n) is 5.26. The Balaban J connectivity index is 1.68. The first-order valence-electron chi connectivity index (χ1n) is 9.21. The first-order valence-corrected chi connectivity index (χ1v) is 9.21. The van der Waals surface area contributed by atoms with Gasteiger partial charge < -0.3 is 14.5 Å². The molecule has 7 heteroatoms. The summed E-state index contributed by atoms with van der Waals surface area (Å²) in [5.74, 6) is 0.0452. The fourth-order valence-electron chi connectivity index (χ4n) is 3.93. The van der Waals surface area contributed by atoms with Gasteiger partial charge in [-0.05, 0) is 33.0 Å². The molecule has 0 aromatic carbocycles. The van der Waals surface area contributed by atoms with Crippen molar-refractivity contribution in [1.29, 1.82) is 0 Å². The van der Waals surface area contributed by atoms with Crippen LogP contribution in [0.25, 0.3) is 0 Å². The summed E-state index contributed by atoms with van der Waals surface area (Å²) in [4.78, 5) is 19.5. The molecule has 0 radical (unpaired) electrons. The van der Waals surface area contributed by atoms with E-state index in [0.29, 0.717) is 5.69 Å². The number of nitrogens with zero attached hydrogens (tertiary/aromatic N) is 5. The molecule has 1 aromatic rings. The molecular formula is C18H31N5O2. The SMILES string of the molecule is CN(C)CCN1CCOC[C@@]2(CCCN(C(=O)c3ccn(C)n3)C2)C1. The Labute approximate surface area is 150 Å². The van der Waals surface area contributed by atoms with Crippen LogP contribution in [-0.4, -0.2) is 97.0 Å². The molecule has 2 saturated heterocycles. The van der Waals surface area contributed by atoms with E-state index in [1.165, 1.54) is 0 Å². The summed E-state index contributed by atoms with van der Waals surface area (Å²) in [5.41, 5.74) is 0.587. The molecule has 0 unspecified atom stereocenters. The van der Waals surface area contributed by atoms with Gasteiger partial charge in [-0.2, -0.15) is 5.10 Å². The van der Waals surface area contributed by atoms with Crippen LogP contribution < -0.4 is 0 Å². The number of hydrogen-bond donors (Lipinski definition) is 0. The predicted molar refractivity (Wildman–Crippen MR) is 96.6 cm³/mol. The lowest BCUT2D eigenvalue weighted by atomic mass is 9.80. The fraction of sp³-hybridized carbons (Fsp3) is 0.778. The van der Waals surface area contributed by atoms with Crippen molar-refractivity contribution in [3.63, 3.8) is 0 Å². The number of ether oxygens (including phenoxy) is 1. The number of likely N-dealkylation sites (tertiary alicyclic amines) is 1. The second-order valence-corrected chi connectivity index (χ2v) is 7.84. The number of amides is 1. The van der Waals surface area contributed by atoms with Gasteiger partial charge >= 0.3 is 0 Å². The van der Waals surface area contributed by atoms with Crippen molar-refractivity contribution >= 4 is 5.91 Å². The average Bonchev–Trinajstić information content (AvgIpc) is 2.92. The third-order valence-corrected chi connectivity index (χ3v) is 5.26. The molecule has 2 aliphatic heterocycles. The highest BCUT2D eigenvalue weighted by Gasteiger charge is 2.40. The smallest absolute Gasteiger partial charge is 0.274 e. The van der Waals surface area contributed by atoms with Gasteiger partial charge in [0.15, 0.2) is 0 Å². The summed E-state index contributed by atoms with van der Waals surface area (Å²) in [5, 5.41) is 4.28. The minimum Gasteiger partial charge on any atom is -0.379 e. The molecule has 0 saturated carbocycles. The fourth-order valence-corrected chi connectivity index (χ4v) is 3.93. The molecule has 0 bridgehead atoms. The molecule has 7 nitrogen and oxygen atoms in total. The lowest BCUT2D eigenvalue weighted by molar-refractivity contribution is 0.00691. The van der Waals surface area contributed by atoms with Gasteiger partial charge in [-0.1, -0.05) is 0 Å². The van der Waals surface area contributed by atoms with Gasteiger partial charge in [0.05, 0.1) is 13.2 Å². The lowest BCUT2D eigenvalue weighted by Crippen LogP contribution is -2.52. The summed E-state index contributed by atoms with van der Waals surface area (Å²) >= 11 is 0. The van der Waals surface area contributed by atoms with Crippen molar-refractivity contribution in [3.05, 3.63) is 18.0 Å². The van der Waals surface area contributed by atoms with Crippen LogP contribution in [0.5, 0.6) is 0 Å². The molecular weight excluding hydrogens is 318 g/mol. The first-order chi connectivity index (χ1) is 12.0. The van der Waals surface area contributed by atoms with E-state index in [2.05, 4.69) is 29.0 Å². The Kier molecular flexibility index (Phi) is 5.76. The first kappa shape index (κ1) is 18.4. The van der Waals surface area contributed by atoms with Gasteiger partial charge in [0.1, 0.15) is 5.69 Å². The monoisotopic (exact) mass is 349 g/mol. The number of aryl methyl sites for hydroxylation is 1. The van der Waals surface area contributed by atoms with Crippen molar-refractivity contribution < 1.29 is 9.53 Å². The molecule has 25 heavy (non-hydrogen) atoms. The van der Waals surface area contributed by atoms with Crippen molar-refractivity contribution in [1.82, 2.24) is 24.5 Å². The number of likely N-dealkylation sites (N-methyl/N-ethyl adjacent to an activating group) is 1. The minimum atomic E-state index is 0.0452. The summed E-state index contributed by atoms with van der Waals surface area (Å²) in [6.07, 6.45) is 3.98. The maximum absolute atomic E-state index is 12.8. The highest BCUT2D eigenvalue weighted by molar-refractivity contribution is 5.92. The molecule has 1 amide bonds. The topological polar surface area (TPSA) is 53.8 Å². The number of piperidine rings is 1. The van der Waals surface area contributed by atoms with E-state index in [4.69, 9.17) is 4.74 Å². The number of rotatable bonds is 4. The summed E-state index contributed by atoms with van der Waals surface area (Å²) in [7, 11) is 6.06. The molecule has 2 aliphatic rings. The normalized spacial score (nSPS) is 25.5. The summed E-state index contributed by atoms with van der Waals surface area (Å²) in [6, 6.07) is 1.80. The zero-order valence-electron chi connectivity index (χ0n) is 15.8. The number of hydrogen-bond acceptors (Lipinski definition) is 5. The Bertz CT molecular complexity index is 588. The Morgan fingerprint density at radius 3 is 2.92 bits per heavy atom. The van der Waals surface area contributed by atoms with Crippen LogP contribution in [0.15, 0.2) is 12.3 Å². The Hall–Kier alpha value is -1.44. The molecule has 1 aromatic heterocycles. The summed E-state index contributed by atoms with van der Waals surface area (Å²) in [6.45, 7) is 7.19. The van der Waals surface area contributed by atoms with Crippen LogP contribution in [0.4, 0.5) is 0 Å². The van der Waals surface area contributed by atoms with E-state index in [9.17, 15) is 4.79 Å². The highest BCUT2D eigenvalue weighted by Crippen LogP contribution is 2.33. The van der Waals surface area contributed by atoms with Crippen LogP contribution in [-0.2, 0) is 11.8 Å². The minimum absolute atomic E-state index is 0.0452. The van der Waals surface area contributed by atoms with Crippen molar-refractivity contribution in [2.75, 3.05) is 66.6 Å². The van der Waals surface area contributed by atoms with Crippen LogP contribution in [0.1, 0.15) is 23.3 Å². The average molecular weight is 349 g/mol. The van der Waals surface area contributed by atoms with Crippen LogP contribution in [0.2, 0.25) is 0 Å². The maximum Gasteiger partial charge on any atom is 0.274 e. The number of carbonyl (C=O) groups is 1. The van der Waals surface area contributed by atoms with E-state index in [-0.39, 0.29) is 11.3 Å². The lowest BCUT2D eigenvalue weighted by Gasteiger charge is -2.43. The molecule has 1 spiro atoms. The van der Waals surface area contributed by atoms with Gasteiger partial charge in [0, 0.05) is 57.9 Å². The highest BCUT2D eigenvalue weighted by atomic mass is 16.5. The maximum atomic E-state index is 12.8. The Morgan fingerprint density at radius 1 is 1.36 bits per heavy atom. The molecule has 0 aliphatic carbocycles. The molecule has 140 valence electrons. The van der Waals surface area contributed by atoms with Crippen molar-refractivity contribution in [2.45, 2.75) is 12.8 Å². The zero-order valence-corrected chi connectivity index (χ0v) is 15.8. The second-order valence-electron chi connectivity index (χ2n) is 7.84. The molecule has 3 heterocycles. The van der Waals surface area contributed by atoms with Gasteiger partial charge in [-0.15, -0.1) is 0 Å². The van der Waals surface area contributed by atoms with E-state index >= 15 is 0 Å². The van der Waals surface area contributed by atoms with Crippen molar-refractivity contribution in [3.8, 4) is 0 Å².